The van der Waals surface area contributed by atoms with E-state index >= 15 is 0 Å². The zero-order chi connectivity index (χ0) is 14.0. The van der Waals surface area contributed by atoms with Crippen molar-refractivity contribution in [3.8, 4) is 5.75 Å². The van der Waals surface area contributed by atoms with Gasteiger partial charge in [-0.15, -0.1) is 0 Å². The Balaban J connectivity index is 2.17. The molecule has 0 aromatic heterocycles. The van der Waals surface area contributed by atoms with E-state index in [4.69, 9.17) is 10.5 Å². The van der Waals surface area contributed by atoms with Crippen LogP contribution in [0.4, 0.5) is 0 Å². The Labute approximate surface area is 117 Å². The summed E-state index contributed by atoms with van der Waals surface area (Å²) in [5, 5.41) is 0. The van der Waals surface area contributed by atoms with Gasteiger partial charge in [-0.3, -0.25) is 0 Å². The summed E-state index contributed by atoms with van der Waals surface area (Å²) in [4.78, 5) is 0. The van der Waals surface area contributed by atoms with Gasteiger partial charge in [0.05, 0.1) is 7.11 Å². The third-order valence-electron chi connectivity index (χ3n) is 4.89. The predicted octanol–water partition coefficient (Wildman–Crippen LogP) is 4.08. The van der Waals surface area contributed by atoms with Gasteiger partial charge in [0, 0.05) is 11.6 Å². The molecule has 4 unspecified atom stereocenters. The lowest BCUT2D eigenvalue weighted by molar-refractivity contribution is 0.184. The van der Waals surface area contributed by atoms with Crippen molar-refractivity contribution in [2.45, 2.75) is 46.1 Å². The molecule has 0 heterocycles. The molecule has 0 spiro atoms. The van der Waals surface area contributed by atoms with Gasteiger partial charge >= 0.3 is 0 Å². The van der Waals surface area contributed by atoms with Crippen LogP contribution >= 0.6 is 0 Å². The molecule has 1 aliphatic carbocycles. The molecular formula is C17H27NO. The summed E-state index contributed by atoms with van der Waals surface area (Å²) in [5.41, 5.74) is 8.91. The van der Waals surface area contributed by atoms with E-state index in [1.165, 1.54) is 30.4 Å². The molecule has 2 nitrogen and oxygen atoms in total. The molecule has 4 atom stereocenters. The standard InChI is InChI=1S/C17H27NO/c1-11-5-8-15(16(9-11)19-4)17(18)14-7-6-12(2)13(3)10-14/h5,8-9,12-14,17H,6-7,10,18H2,1-4H3. The molecule has 0 radical (unpaired) electrons. The van der Waals surface area contributed by atoms with Crippen molar-refractivity contribution in [2.75, 3.05) is 7.11 Å². The van der Waals surface area contributed by atoms with Crippen molar-refractivity contribution in [1.29, 1.82) is 0 Å². The summed E-state index contributed by atoms with van der Waals surface area (Å²) in [6, 6.07) is 6.46. The molecule has 0 aliphatic heterocycles. The van der Waals surface area contributed by atoms with Crippen LogP contribution in [0.25, 0.3) is 0 Å². The van der Waals surface area contributed by atoms with Crippen LogP contribution in [0.15, 0.2) is 18.2 Å². The summed E-state index contributed by atoms with van der Waals surface area (Å²) < 4.78 is 5.51. The van der Waals surface area contributed by atoms with Crippen molar-refractivity contribution in [3.63, 3.8) is 0 Å². The number of hydrogen-bond acceptors (Lipinski definition) is 2. The van der Waals surface area contributed by atoms with E-state index in [9.17, 15) is 0 Å². The van der Waals surface area contributed by atoms with Gasteiger partial charge < -0.3 is 10.5 Å². The third-order valence-corrected chi connectivity index (χ3v) is 4.89. The molecule has 0 saturated heterocycles. The minimum atomic E-state index is 0.102. The maximum atomic E-state index is 6.52. The molecule has 1 aromatic carbocycles. The molecule has 0 bridgehead atoms. The molecule has 19 heavy (non-hydrogen) atoms. The van der Waals surface area contributed by atoms with Crippen molar-refractivity contribution in [2.24, 2.45) is 23.5 Å². The van der Waals surface area contributed by atoms with E-state index < -0.39 is 0 Å². The highest BCUT2D eigenvalue weighted by Crippen LogP contribution is 2.40. The molecule has 1 fully saturated rings. The van der Waals surface area contributed by atoms with E-state index in [2.05, 4.69) is 39.0 Å². The van der Waals surface area contributed by atoms with Crippen molar-refractivity contribution in [3.05, 3.63) is 29.3 Å². The summed E-state index contributed by atoms with van der Waals surface area (Å²) in [6.07, 6.45) is 3.77. The Kier molecular flexibility index (Phi) is 4.51. The topological polar surface area (TPSA) is 35.2 Å². The van der Waals surface area contributed by atoms with Gasteiger partial charge in [-0.25, -0.2) is 0 Å². The second-order valence-electron chi connectivity index (χ2n) is 6.30. The number of methoxy groups -OCH3 is 1. The fourth-order valence-corrected chi connectivity index (χ4v) is 3.26. The minimum absolute atomic E-state index is 0.102. The van der Waals surface area contributed by atoms with Gasteiger partial charge in [0.25, 0.3) is 0 Å². The van der Waals surface area contributed by atoms with Crippen LogP contribution in [-0.2, 0) is 0 Å². The molecule has 1 aromatic rings. The number of aryl methyl sites for hydroxylation is 1. The fraction of sp³-hybridized carbons (Fsp3) is 0.647. The summed E-state index contributed by atoms with van der Waals surface area (Å²) in [6.45, 7) is 6.80. The third kappa shape index (κ3) is 3.11. The predicted molar refractivity (Wildman–Crippen MR) is 80.3 cm³/mol. The van der Waals surface area contributed by atoms with E-state index in [0.29, 0.717) is 5.92 Å². The molecule has 2 rings (SSSR count). The number of ether oxygens (including phenoxy) is 1. The van der Waals surface area contributed by atoms with E-state index in [1.807, 2.05) is 0 Å². The molecule has 2 N–H and O–H groups in total. The van der Waals surface area contributed by atoms with E-state index in [1.54, 1.807) is 7.11 Å². The van der Waals surface area contributed by atoms with Crippen LogP contribution in [0.2, 0.25) is 0 Å². The van der Waals surface area contributed by atoms with Crippen LogP contribution in [0.1, 0.15) is 50.3 Å². The van der Waals surface area contributed by atoms with Crippen LogP contribution in [0.5, 0.6) is 5.75 Å². The number of benzene rings is 1. The van der Waals surface area contributed by atoms with Crippen LogP contribution < -0.4 is 10.5 Å². The monoisotopic (exact) mass is 261 g/mol. The number of rotatable bonds is 3. The van der Waals surface area contributed by atoms with Crippen molar-refractivity contribution in [1.82, 2.24) is 0 Å². The highest BCUT2D eigenvalue weighted by atomic mass is 16.5. The summed E-state index contributed by atoms with van der Waals surface area (Å²) in [5.74, 6) is 3.14. The molecule has 1 saturated carbocycles. The zero-order valence-corrected chi connectivity index (χ0v) is 12.6. The maximum Gasteiger partial charge on any atom is 0.123 e. The first-order chi connectivity index (χ1) is 9.02. The highest BCUT2D eigenvalue weighted by Gasteiger charge is 2.30. The Morgan fingerprint density at radius 1 is 1.21 bits per heavy atom. The lowest BCUT2D eigenvalue weighted by Gasteiger charge is -2.35. The Morgan fingerprint density at radius 2 is 1.95 bits per heavy atom. The normalized spacial score (nSPS) is 29.0. The van der Waals surface area contributed by atoms with Gasteiger partial charge in [-0.1, -0.05) is 32.4 Å². The first kappa shape index (κ1) is 14.4. The quantitative estimate of drug-likeness (QED) is 0.890. The average Bonchev–Trinajstić information content (AvgIpc) is 2.41. The number of hydrogen-bond donors (Lipinski definition) is 1. The first-order valence-electron chi connectivity index (χ1n) is 7.43. The second kappa shape index (κ2) is 5.96. The van der Waals surface area contributed by atoms with Crippen LogP contribution in [0.3, 0.4) is 0 Å². The van der Waals surface area contributed by atoms with Crippen molar-refractivity contribution >= 4 is 0 Å². The second-order valence-corrected chi connectivity index (χ2v) is 6.30. The van der Waals surface area contributed by atoms with Gasteiger partial charge in [-0.05, 0) is 49.1 Å². The SMILES string of the molecule is COc1cc(C)ccc1C(N)C1CCC(C)C(C)C1. The van der Waals surface area contributed by atoms with E-state index in [-0.39, 0.29) is 6.04 Å². The minimum Gasteiger partial charge on any atom is -0.496 e. The van der Waals surface area contributed by atoms with Gasteiger partial charge in [0.1, 0.15) is 5.75 Å². The van der Waals surface area contributed by atoms with Gasteiger partial charge in [0.15, 0.2) is 0 Å². The molecule has 1 aliphatic rings. The fourth-order valence-electron chi connectivity index (χ4n) is 3.26. The smallest absolute Gasteiger partial charge is 0.123 e. The molecule has 2 heteroatoms. The summed E-state index contributed by atoms with van der Waals surface area (Å²) >= 11 is 0. The largest absolute Gasteiger partial charge is 0.496 e. The summed E-state index contributed by atoms with van der Waals surface area (Å²) in [7, 11) is 1.73. The Bertz CT molecular complexity index is 429. The molecular weight excluding hydrogens is 234 g/mol. The molecule has 106 valence electrons. The average molecular weight is 261 g/mol. The lowest BCUT2D eigenvalue weighted by Crippen LogP contribution is -2.29. The Hall–Kier alpha value is -1.02. The van der Waals surface area contributed by atoms with Crippen molar-refractivity contribution < 1.29 is 4.74 Å². The Morgan fingerprint density at radius 3 is 2.58 bits per heavy atom. The number of nitrogens with two attached hydrogens (primary N) is 1. The van der Waals surface area contributed by atoms with Crippen LogP contribution in [0, 0.1) is 24.7 Å². The van der Waals surface area contributed by atoms with Crippen LogP contribution in [-0.4, -0.2) is 7.11 Å². The first-order valence-corrected chi connectivity index (χ1v) is 7.43. The zero-order valence-electron chi connectivity index (χ0n) is 12.6. The molecule has 0 amide bonds. The van der Waals surface area contributed by atoms with Gasteiger partial charge in [0.2, 0.25) is 0 Å². The maximum absolute atomic E-state index is 6.52. The van der Waals surface area contributed by atoms with Gasteiger partial charge in [-0.2, -0.15) is 0 Å². The lowest BCUT2D eigenvalue weighted by atomic mass is 9.72. The van der Waals surface area contributed by atoms with E-state index in [0.717, 1.165) is 17.6 Å². The highest BCUT2D eigenvalue weighted by molar-refractivity contribution is 5.39.